The minimum atomic E-state index is -0.985. The highest BCUT2D eigenvalue weighted by Gasteiger charge is 2.60. The Kier molecular flexibility index (Phi) is 6.97. The summed E-state index contributed by atoms with van der Waals surface area (Å²) in [5.41, 5.74) is -0.985. The number of nitrogens with zero attached hydrogens (tertiary/aromatic N) is 1. The Hall–Kier alpha value is -2.23. The number of rotatable bonds is 9. The van der Waals surface area contributed by atoms with E-state index in [4.69, 9.17) is 4.74 Å². The van der Waals surface area contributed by atoms with Gasteiger partial charge in [-0.15, -0.1) is 6.58 Å². The zero-order valence-electron chi connectivity index (χ0n) is 18.3. The van der Waals surface area contributed by atoms with Crippen LogP contribution in [0.1, 0.15) is 57.8 Å². The van der Waals surface area contributed by atoms with Gasteiger partial charge in [0, 0.05) is 17.7 Å². The first-order valence-corrected chi connectivity index (χ1v) is 12.5. The second-order valence-corrected chi connectivity index (χ2v) is 10.3. The first-order valence-electron chi connectivity index (χ1n) is 11.6. The van der Waals surface area contributed by atoms with E-state index in [1.807, 2.05) is 0 Å². The van der Waals surface area contributed by atoms with Crippen LogP contribution in [0.5, 0.6) is 0 Å². The Morgan fingerprint density at radius 3 is 2.50 bits per heavy atom. The summed E-state index contributed by atoms with van der Waals surface area (Å²) in [4.78, 5) is 52.0. The van der Waals surface area contributed by atoms with Gasteiger partial charge < -0.3 is 20.3 Å². The van der Waals surface area contributed by atoms with E-state index in [9.17, 15) is 19.2 Å². The third kappa shape index (κ3) is 5.22. The van der Waals surface area contributed by atoms with Crippen LogP contribution in [0.3, 0.4) is 0 Å². The van der Waals surface area contributed by atoms with Crippen molar-refractivity contribution >= 4 is 35.8 Å². The number of ether oxygens (including phenoxy) is 1. The second-order valence-electron chi connectivity index (χ2n) is 9.17. The Bertz CT molecular complexity index is 782. The van der Waals surface area contributed by atoms with Crippen molar-refractivity contribution in [3.05, 3.63) is 12.7 Å². The van der Waals surface area contributed by atoms with Crippen LogP contribution < -0.4 is 15.4 Å². The lowest BCUT2D eigenvalue weighted by atomic mass is 10.1. The lowest BCUT2D eigenvalue weighted by Crippen LogP contribution is -2.55. The van der Waals surface area contributed by atoms with Gasteiger partial charge in [0.1, 0.15) is 24.2 Å². The average Bonchev–Trinajstić information content (AvgIpc) is 3.61. The van der Waals surface area contributed by atoms with Gasteiger partial charge in [0.05, 0.1) is 0 Å². The SMILES string of the molecule is C=C[C@@H]1C[C@]1(NC(=O)C1CCCN1C(=O)CNC(=O)OC1CCCC1)C(=O)NSC1CC1. The monoisotopic (exact) mass is 464 g/mol. The van der Waals surface area contributed by atoms with Gasteiger partial charge in [0.25, 0.3) is 5.91 Å². The Labute approximate surface area is 192 Å². The van der Waals surface area contributed by atoms with Gasteiger partial charge in [0.2, 0.25) is 11.8 Å². The van der Waals surface area contributed by atoms with Crippen LogP contribution in [0.15, 0.2) is 12.7 Å². The fourth-order valence-electron chi connectivity index (χ4n) is 4.54. The van der Waals surface area contributed by atoms with Crippen LogP contribution in [0.4, 0.5) is 4.79 Å². The molecule has 176 valence electrons. The average molecular weight is 465 g/mol. The molecule has 0 spiro atoms. The molecule has 10 heteroatoms. The lowest BCUT2D eigenvalue weighted by Gasteiger charge is -2.27. The van der Waals surface area contributed by atoms with Gasteiger partial charge in [-0.2, -0.15) is 0 Å². The van der Waals surface area contributed by atoms with E-state index in [0.29, 0.717) is 31.1 Å². The number of hydrogen-bond acceptors (Lipinski definition) is 6. The van der Waals surface area contributed by atoms with Crippen molar-refractivity contribution in [3.8, 4) is 0 Å². The molecule has 3 N–H and O–H groups in total. The Balaban J connectivity index is 1.29. The molecule has 1 saturated heterocycles. The molecule has 4 fully saturated rings. The maximum absolute atomic E-state index is 13.1. The molecular weight excluding hydrogens is 432 g/mol. The van der Waals surface area contributed by atoms with Crippen molar-refractivity contribution in [2.45, 2.75) is 80.7 Å². The van der Waals surface area contributed by atoms with Crippen molar-refractivity contribution < 1.29 is 23.9 Å². The van der Waals surface area contributed by atoms with Gasteiger partial charge in [0.15, 0.2) is 0 Å². The minimum absolute atomic E-state index is 0.0767. The van der Waals surface area contributed by atoms with Crippen LogP contribution in [-0.2, 0) is 19.1 Å². The van der Waals surface area contributed by atoms with E-state index >= 15 is 0 Å². The number of hydrogen-bond donors (Lipinski definition) is 3. The highest BCUT2D eigenvalue weighted by Crippen LogP contribution is 2.45. The molecule has 0 aromatic carbocycles. The summed E-state index contributed by atoms with van der Waals surface area (Å²) in [6.45, 7) is 4.01. The second kappa shape index (κ2) is 9.72. The maximum Gasteiger partial charge on any atom is 0.407 e. The number of nitrogens with one attached hydrogen (secondary N) is 3. The molecule has 1 unspecified atom stereocenters. The molecule has 0 aromatic heterocycles. The standard InChI is InChI=1S/C22H32N4O5S/c1-2-14-12-22(14,20(29)25-32-16-9-10-16)24-19(28)17-8-5-11-26(17)18(27)13-23-21(30)31-15-6-3-4-7-15/h2,14-17H,1,3-13H2,(H,23,30)(H,24,28)(H,25,29)/t14-,17?,22-/m1/s1. The predicted molar refractivity (Wildman–Crippen MR) is 119 cm³/mol. The number of alkyl carbamates (subject to hydrolysis) is 1. The first kappa shape index (κ1) is 22.9. The van der Waals surface area contributed by atoms with Crippen molar-refractivity contribution in [2.75, 3.05) is 13.1 Å². The fraction of sp³-hybridized carbons (Fsp3) is 0.727. The summed E-state index contributed by atoms with van der Waals surface area (Å²) in [5, 5.41) is 5.88. The van der Waals surface area contributed by atoms with Crippen molar-refractivity contribution in [1.82, 2.24) is 20.3 Å². The Morgan fingerprint density at radius 1 is 1.09 bits per heavy atom. The summed E-state index contributed by atoms with van der Waals surface area (Å²) in [7, 11) is 0. The zero-order valence-corrected chi connectivity index (χ0v) is 19.1. The summed E-state index contributed by atoms with van der Waals surface area (Å²) in [6, 6.07) is -0.651. The molecule has 1 heterocycles. The molecule has 3 aliphatic carbocycles. The summed E-state index contributed by atoms with van der Waals surface area (Å²) in [5.74, 6) is -0.992. The normalized spacial score (nSPS) is 29.3. The molecule has 0 bridgehead atoms. The van der Waals surface area contributed by atoms with Crippen LogP contribution >= 0.6 is 11.9 Å². The van der Waals surface area contributed by atoms with E-state index in [2.05, 4.69) is 21.9 Å². The number of carbonyl (C=O) groups excluding carboxylic acids is 4. The maximum atomic E-state index is 13.1. The summed E-state index contributed by atoms with van der Waals surface area (Å²) < 4.78 is 8.19. The molecule has 0 aromatic rings. The van der Waals surface area contributed by atoms with Gasteiger partial charge >= 0.3 is 6.09 Å². The van der Waals surface area contributed by atoms with Crippen LogP contribution in [0, 0.1) is 5.92 Å². The molecule has 4 aliphatic rings. The Morgan fingerprint density at radius 2 is 1.84 bits per heavy atom. The van der Waals surface area contributed by atoms with Crippen molar-refractivity contribution in [2.24, 2.45) is 5.92 Å². The largest absolute Gasteiger partial charge is 0.446 e. The van der Waals surface area contributed by atoms with E-state index in [0.717, 1.165) is 38.5 Å². The van der Waals surface area contributed by atoms with E-state index in [-0.39, 0.29) is 36.3 Å². The summed E-state index contributed by atoms with van der Waals surface area (Å²) >= 11 is 1.41. The van der Waals surface area contributed by atoms with Crippen molar-refractivity contribution in [1.29, 1.82) is 0 Å². The van der Waals surface area contributed by atoms with Gasteiger partial charge in [-0.1, -0.05) is 6.08 Å². The quantitative estimate of drug-likeness (QED) is 0.353. The summed E-state index contributed by atoms with van der Waals surface area (Å²) in [6.07, 6.45) is 8.75. The minimum Gasteiger partial charge on any atom is -0.446 e. The molecular formula is C22H32N4O5S. The highest BCUT2D eigenvalue weighted by atomic mass is 32.2. The highest BCUT2D eigenvalue weighted by molar-refractivity contribution is 7.98. The van der Waals surface area contributed by atoms with E-state index < -0.39 is 17.7 Å². The first-order chi connectivity index (χ1) is 15.4. The topological polar surface area (TPSA) is 117 Å². The van der Waals surface area contributed by atoms with Gasteiger partial charge in [-0.05, 0) is 69.7 Å². The molecule has 3 saturated carbocycles. The fourth-order valence-corrected chi connectivity index (χ4v) is 5.36. The molecule has 32 heavy (non-hydrogen) atoms. The molecule has 4 rings (SSSR count). The number of likely N-dealkylation sites (tertiary alicyclic amines) is 1. The zero-order chi connectivity index (χ0) is 22.7. The number of amides is 4. The van der Waals surface area contributed by atoms with Gasteiger partial charge in [-0.25, -0.2) is 4.79 Å². The van der Waals surface area contributed by atoms with Crippen LogP contribution in [-0.4, -0.2) is 64.7 Å². The molecule has 4 amide bonds. The molecule has 0 radical (unpaired) electrons. The van der Waals surface area contributed by atoms with Crippen LogP contribution in [0.25, 0.3) is 0 Å². The van der Waals surface area contributed by atoms with Gasteiger partial charge in [-0.3, -0.25) is 19.1 Å². The van der Waals surface area contributed by atoms with Crippen molar-refractivity contribution in [3.63, 3.8) is 0 Å². The molecule has 3 atom stereocenters. The van der Waals surface area contributed by atoms with Crippen LogP contribution in [0.2, 0.25) is 0 Å². The molecule has 9 nitrogen and oxygen atoms in total. The third-order valence-corrected chi connectivity index (χ3v) is 7.84. The smallest absolute Gasteiger partial charge is 0.407 e. The lowest BCUT2D eigenvalue weighted by molar-refractivity contribution is -0.139. The third-order valence-electron chi connectivity index (χ3n) is 6.73. The molecule has 1 aliphatic heterocycles. The van der Waals surface area contributed by atoms with E-state index in [1.165, 1.54) is 16.8 Å². The van der Waals surface area contributed by atoms with E-state index in [1.54, 1.807) is 6.08 Å². The number of carbonyl (C=O) groups is 4. The predicted octanol–water partition coefficient (Wildman–Crippen LogP) is 1.63.